The van der Waals surface area contributed by atoms with Crippen LogP contribution in [0.3, 0.4) is 0 Å². The summed E-state index contributed by atoms with van der Waals surface area (Å²) < 4.78 is 25.6. The number of piperidine rings is 1. The Morgan fingerprint density at radius 2 is 2.18 bits per heavy atom. The first-order valence-corrected chi connectivity index (χ1v) is 9.46. The van der Waals surface area contributed by atoms with Gasteiger partial charge in [-0.2, -0.15) is 0 Å². The van der Waals surface area contributed by atoms with Crippen LogP contribution in [0.5, 0.6) is 0 Å². The highest BCUT2D eigenvalue weighted by atomic mass is 35.5. The molecule has 1 aromatic carbocycles. The molecule has 0 spiro atoms. The summed E-state index contributed by atoms with van der Waals surface area (Å²) in [6.07, 6.45) is 4.78. The first-order chi connectivity index (χ1) is 10.4. The van der Waals surface area contributed by atoms with Gasteiger partial charge in [-0.25, -0.2) is 13.1 Å². The molecule has 1 aliphatic rings. The average molecular weight is 340 g/mol. The molecule has 2 aromatic rings. The molecule has 1 fully saturated rings. The predicted molar refractivity (Wildman–Crippen MR) is 90.0 cm³/mol. The summed E-state index contributed by atoms with van der Waals surface area (Å²) >= 11 is 6.02. The van der Waals surface area contributed by atoms with Crippen LogP contribution < -0.4 is 9.62 Å². The van der Waals surface area contributed by atoms with E-state index in [0.29, 0.717) is 11.6 Å². The van der Waals surface area contributed by atoms with Gasteiger partial charge >= 0.3 is 0 Å². The van der Waals surface area contributed by atoms with Crippen LogP contribution in [0, 0.1) is 0 Å². The molecule has 0 amide bonds. The first-order valence-electron chi connectivity index (χ1n) is 7.19. The van der Waals surface area contributed by atoms with E-state index in [-0.39, 0.29) is 6.04 Å². The van der Waals surface area contributed by atoms with E-state index in [1.807, 2.05) is 24.3 Å². The zero-order chi connectivity index (χ0) is 15.7. The Balaban J connectivity index is 1.90. The van der Waals surface area contributed by atoms with Crippen LogP contribution in [0.25, 0.3) is 10.9 Å². The van der Waals surface area contributed by atoms with Crippen molar-refractivity contribution < 1.29 is 8.42 Å². The third-order valence-corrected chi connectivity index (χ3v) is 4.82. The van der Waals surface area contributed by atoms with E-state index in [4.69, 9.17) is 11.6 Å². The molecule has 0 unspecified atom stereocenters. The van der Waals surface area contributed by atoms with Gasteiger partial charge < -0.3 is 4.90 Å². The van der Waals surface area contributed by atoms with Crippen LogP contribution >= 0.6 is 11.6 Å². The molecule has 0 saturated carbocycles. The molecule has 1 saturated heterocycles. The number of nitrogens with zero attached hydrogens (tertiary/aromatic N) is 2. The quantitative estimate of drug-likeness (QED) is 0.932. The summed E-state index contributed by atoms with van der Waals surface area (Å²) in [7, 11) is -3.18. The van der Waals surface area contributed by atoms with Gasteiger partial charge in [0.2, 0.25) is 10.0 Å². The Kier molecular flexibility index (Phi) is 4.25. The van der Waals surface area contributed by atoms with Gasteiger partial charge in [0.05, 0.1) is 11.8 Å². The van der Waals surface area contributed by atoms with Crippen molar-refractivity contribution >= 4 is 38.2 Å². The van der Waals surface area contributed by atoms with Gasteiger partial charge in [-0.15, -0.1) is 0 Å². The summed E-state index contributed by atoms with van der Waals surface area (Å²) in [5.74, 6) is 0. The lowest BCUT2D eigenvalue weighted by atomic mass is 10.0. The molecular formula is C15H18ClN3O2S. The highest BCUT2D eigenvalue weighted by Crippen LogP contribution is 2.29. The predicted octanol–water partition coefficient (Wildman–Crippen LogP) is 2.41. The van der Waals surface area contributed by atoms with E-state index in [1.165, 1.54) is 6.26 Å². The van der Waals surface area contributed by atoms with Crippen LogP contribution in [0.2, 0.25) is 5.02 Å². The van der Waals surface area contributed by atoms with Crippen LogP contribution in [0.4, 0.5) is 5.69 Å². The summed E-state index contributed by atoms with van der Waals surface area (Å²) in [6.45, 7) is 1.57. The molecule has 2 heterocycles. The topological polar surface area (TPSA) is 62.3 Å². The number of sulfonamides is 1. The molecule has 1 aliphatic heterocycles. The van der Waals surface area contributed by atoms with Crippen molar-refractivity contribution in [1.82, 2.24) is 9.71 Å². The fourth-order valence-electron chi connectivity index (χ4n) is 2.98. The second kappa shape index (κ2) is 6.02. The van der Waals surface area contributed by atoms with Gasteiger partial charge in [0.25, 0.3) is 0 Å². The minimum atomic E-state index is -3.18. The van der Waals surface area contributed by atoms with Gasteiger partial charge in [0.15, 0.2) is 0 Å². The van der Waals surface area contributed by atoms with Gasteiger partial charge in [0.1, 0.15) is 0 Å². The van der Waals surface area contributed by atoms with Crippen molar-refractivity contribution in [3.63, 3.8) is 0 Å². The lowest BCUT2D eigenvalue weighted by Crippen LogP contribution is -2.47. The lowest BCUT2D eigenvalue weighted by molar-refractivity contribution is 0.468. The minimum Gasteiger partial charge on any atom is -0.369 e. The fraction of sp³-hybridized carbons (Fsp3) is 0.400. The van der Waals surface area contributed by atoms with Gasteiger partial charge in [-0.05, 0) is 37.1 Å². The van der Waals surface area contributed by atoms with E-state index < -0.39 is 10.0 Å². The highest BCUT2D eigenvalue weighted by molar-refractivity contribution is 7.88. The Bertz CT molecular complexity index is 794. The number of anilines is 1. The smallest absolute Gasteiger partial charge is 0.209 e. The molecule has 118 valence electrons. The van der Waals surface area contributed by atoms with Crippen molar-refractivity contribution in [2.75, 3.05) is 24.2 Å². The zero-order valence-electron chi connectivity index (χ0n) is 12.3. The third kappa shape index (κ3) is 3.51. The maximum atomic E-state index is 11.4. The molecule has 7 heteroatoms. The van der Waals surface area contributed by atoms with Crippen LogP contribution in [0.1, 0.15) is 12.8 Å². The number of nitrogens with one attached hydrogen (secondary N) is 1. The van der Waals surface area contributed by atoms with Gasteiger partial charge in [-0.1, -0.05) is 11.6 Å². The van der Waals surface area contributed by atoms with Crippen LogP contribution in [-0.2, 0) is 10.0 Å². The number of hydrogen-bond acceptors (Lipinski definition) is 4. The van der Waals surface area contributed by atoms with E-state index in [1.54, 1.807) is 6.20 Å². The maximum absolute atomic E-state index is 11.4. The Labute approximate surface area is 135 Å². The highest BCUT2D eigenvalue weighted by Gasteiger charge is 2.23. The standard InChI is InChI=1S/C15H18ClN3O2S/c1-22(20,21)18-12-3-2-8-19(10-12)15-6-7-17-14-9-11(16)4-5-13(14)15/h4-7,9,12,18H,2-3,8,10H2,1H3/t12-/m1/s1. The molecule has 0 bridgehead atoms. The first kappa shape index (κ1) is 15.5. The van der Waals surface area contributed by atoms with Gasteiger partial charge in [0, 0.05) is 41.4 Å². The van der Waals surface area contributed by atoms with Crippen molar-refractivity contribution in [2.24, 2.45) is 0 Å². The van der Waals surface area contributed by atoms with Crippen LogP contribution in [0.15, 0.2) is 30.5 Å². The number of aromatic nitrogens is 1. The van der Waals surface area contributed by atoms with Crippen molar-refractivity contribution in [3.05, 3.63) is 35.5 Å². The number of pyridine rings is 1. The monoisotopic (exact) mass is 339 g/mol. The molecule has 22 heavy (non-hydrogen) atoms. The zero-order valence-corrected chi connectivity index (χ0v) is 13.9. The second-order valence-corrected chi connectivity index (χ2v) is 7.88. The lowest BCUT2D eigenvalue weighted by Gasteiger charge is -2.35. The second-order valence-electron chi connectivity index (χ2n) is 5.67. The third-order valence-electron chi connectivity index (χ3n) is 3.82. The fourth-order valence-corrected chi connectivity index (χ4v) is 3.94. The summed E-state index contributed by atoms with van der Waals surface area (Å²) in [6, 6.07) is 7.58. The minimum absolute atomic E-state index is 0.0562. The van der Waals surface area contributed by atoms with E-state index in [9.17, 15) is 8.42 Å². The Hall–Kier alpha value is -1.37. The summed E-state index contributed by atoms with van der Waals surface area (Å²) in [5, 5.41) is 1.69. The molecule has 1 atom stereocenters. The van der Waals surface area contributed by atoms with E-state index in [0.717, 1.165) is 36.0 Å². The SMILES string of the molecule is CS(=O)(=O)N[C@@H]1CCCN(c2ccnc3cc(Cl)ccc23)C1. The summed E-state index contributed by atoms with van der Waals surface area (Å²) in [5.41, 5.74) is 1.92. The molecule has 3 rings (SSSR count). The van der Waals surface area contributed by atoms with Crippen molar-refractivity contribution in [2.45, 2.75) is 18.9 Å². The number of rotatable bonds is 3. The Morgan fingerprint density at radius 3 is 2.95 bits per heavy atom. The van der Waals surface area contributed by atoms with Gasteiger partial charge in [-0.3, -0.25) is 4.98 Å². The number of halogens is 1. The number of hydrogen-bond donors (Lipinski definition) is 1. The molecule has 0 radical (unpaired) electrons. The Morgan fingerprint density at radius 1 is 1.36 bits per heavy atom. The largest absolute Gasteiger partial charge is 0.369 e. The maximum Gasteiger partial charge on any atom is 0.209 e. The summed E-state index contributed by atoms with van der Waals surface area (Å²) in [4.78, 5) is 6.57. The van der Waals surface area contributed by atoms with Crippen molar-refractivity contribution in [3.8, 4) is 0 Å². The molecule has 5 nitrogen and oxygen atoms in total. The molecule has 1 aromatic heterocycles. The van der Waals surface area contributed by atoms with E-state index >= 15 is 0 Å². The van der Waals surface area contributed by atoms with Crippen molar-refractivity contribution in [1.29, 1.82) is 0 Å². The van der Waals surface area contributed by atoms with E-state index in [2.05, 4.69) is 14.6 Å². The number of benzene rings is 1. The number of fused-ring (bicyclic) bond motifs is 1. The molecular weight excluding hydrogens is 322 g/mol. The molecule has 1 N–H and O–H groups in total. The molecule has 0 aliphatic carbocycles. The average Bonchev–Trinajstić information content (AvgIpc) is 2.44. The van der Waals surface area contributed by atoms with Crippen LogP contribution in [-0.4, -0.2) is 38.8 Å². The normalized spacial score (nSPS) is 19.5.